The van der Waals surface area contributed by atoms with Gasteiger partial charge in [-0.2, -0.15) is 11.8 Å². The maximum atomic E-state index is 2.44. The van der Waals surface area contributed by atoms with E-state index in [1.54, 1.807) is 0 Å². The van der Waals surface area contributed by atoms with E-state index < -0.39 is 0 Å². The van der Waals surface area contributed by atoms with Gasteiger partial charge < -0.3 is 4.90 Å². The second-order valence-electron chi connectivity index (χ2n) is 3.41. The summed E-state index contributed by atoms with van der Waals surface area (Å²) in [6.45, 7) is 4.97. The van der Waals surface area contributed by atoms with Crippen molar-refractivity contribution in [1.82, 2.24) is 4.90 Å². The Labute approximate surface area is 68.2 Å². The first kappa shape index (κ1) is 8.41. The van der Waals surface area contributed by atoms with Gasteiger partial charge in [0.2, 0.25) is 0 Å². The Hall–Kier alpha value is 0.310. The van der Waals surface area contributed by atoms with Gasteiger partial charge in [-0.05, 0) is 30.9 Å². The summed E-state index contributed by atoms with van der Waals surface area (Å²) in [6.07, 6.45) is 2.20. The molecule has 0 radical (unpaired) electrons. The summed E-state index contributed by atoms with van der Waals surface area (Å²) >= 11 is 1.98. The van der Waals surface area contributed by atoms with E-state index in [0.29, 0.717) is 0 Å². The van der Waals surface area contributed by atoms with Crippen LogP contribution in [0.5, 0.6) is 0 Å². The Morgan fingerprint density at radius 3 is 2.60 bits per heavy atom. The molecule has 1 heterocycles. The monoisotopic (exact) mass is 159 g/mol. The highest BCUT2D eigenvalue weighted by Crippen LogP contribution is 2.23. The van der Waals surface area contributed by atoms with Crippen molar-refractivity contribution in [2.75, 3.05) is 32.1 Å². The number of rotatable bonds is 2. The van der Waals surface area contributed by atoms with Crippen LogP contribution in [-0.4, -0.2) is 37.0 Å². The number of thioether (sulfide) groups is 1. The van der Waals surface area contributed by atoms with Gasteiger partial charge in [0.05, 0.1) is 0 Å². The lowest BCUT2D eigenvalue weighted by Gasteiger charge is -2.10. The highest BCUT2D eigenvalue weighted by molar-refractivity contribution is 7.98. The maximum absolute atomic E-state index is 2.44. The number of nitrogens with zero attached hydrogens (tertiary/aromatic N) is 1. The molecule has 10 heavy (non-hydrogen) atoms. The first-order valence-corrected chi connectivity index (χ1v) is 5.31. The standard InChI is InChI=1S/C8H17NS/c1-7-4-9(2)5-8(7)6-10-3/h7-8H,4-6H2,1-3H3/t7-,8+/m0/s1. The fourth-order valence-corrected chi connectivity index (χ4v) is 2.59. The number of likely N-dealkylation sites (tertiary alicyclic amines) is 1. The predicted molar refractivity (Wildman–Crippen MR) is 48.5 cm³/mol. The van der Waals surface area contributed by atoms with Crippen molar-refractivity contribution >= 4 is 11.8 Å². The van der Waals surface area contributed by atoms with E-state index in [-0.39, 0.29) is 0 Å². The predicted octanol–water partition coefficient (Wildman–Crippen LogP) is 1.55. The van der Waals surface area contributed by atoms with Gasteiger partial charge in [-0.15, -0.1) is 0 Å². The minimum atomic E-state index is 0.914. The average molecular weight is 159 g/mol. The molecular formula is C8H17NS. The lowest BCUT2D eigenvalue weighted by Crippen LogP contribution is -2.14. The van der Waals surface area contributed by atoms with E-state index in [9.17, 15) is 0 Å². The van der Waals surface area contributed by atoms with Crippen LogP contribution in [0.1, 0.15) is 6.92 Å². The SMILES string of the molecule is CSC[C@H]1CN(C)C[C@@H]1C. The maximum Gasteiger partial charge on any atom is 0.00176 e. The van der Waals surface area contributed by atoms with Crippen molar-refractivity contribution in [3.63, 3.8) is 0 Å². The van der Waals surface area contributed by atoms with E-state index in [2.05, 4.69) is 25.1 Å². The van der Waals surface area contributed by atoms with Gasteiger partial charge in [-0.3, -0.25) is 0 Å². The van der Waals surface area contributed by atoms with Crippen LogP contribution < -0.4 is 0 Å². The van der Waals surface area contributed by atoms with Crippen molar-refractivity contribution in [2.24, 2.45) is 11.8 Å². The summed E-state index contributed by atoms with van der Waals surface area (Å²) in [4.78, 5) is 2.44. The lowest BCUT2D eigenvalue weighted by atomic mass is 10.0. The van der Waals surface area contributed by atoms with Crippen molar-refractivity contribution in [3.8, 4) is 0 Å². The van der Waals surface area contributed by atoms with E-state index >= 15 is 0 Å². The average Bonchev–Trinajstić information content (AvgIpc) is 2.13. The van der Waals surface area contributed by atoms with E-state index in [1.165, 1.54) is 18.8 Å². The quantitative estimate of drug-likeness (QED) is 0.601. The molecule has 0 N–H and O–H groups in total. The van der Waals surface area contributed by atoms with Gasteiger partial charge in [0.1, 0.15) is 0 Å². The molecule has 1 fully saturated rings. The zero-order valence-corrected chi connectivity index (χ0v) is 7.95. The second kappa shape index (κ2) is 3.63. The van der Waals surface area contributed by atoms with Crippen LogP contribution in [0, 0.1) is 11.8 Å². The largest absolute Gasteiger partial charge is 0.306 e. The fourth-order valence-electron chi connectivity index (χ4n) is 1.73. The molecule has 0 aliphatic carbocycles. The first-order chi connectivity index (χ1) is 4.74. The summed E-state index contributed by atoms with van der Waals surface area (Å²) in [5.41, 5.74) is 0. The summed E-state index contributed by atoms with van der Waals surface area (Å²) in [5.74, 6) is 3.20. The Balaban J connectivity index is 2.31. The van der Waals surface area contributed by atoms with Crippen LogP contribution in [0.15, 0.2) is 0 Å². The molecule has 0 spiro atoms. The van der Waals surface area contributed by atoms with Gasteiger partial charge in [0.15, 0.2) is 0 Å². The third-order valence-corrected chi connectivity index (χ3v) is 3.09. The lowest BCUT2D eigenvalue weighted by molar-refractivity contribution is 0.398. The van der Waals surface area contributed by atoms with Crippen molar-refractivity contribution in [1.29, 1.82) is 0 Å². The van der Waals surface area contributed by atoms with Crippen molar-refractivity contribution < 1.29 is 0 Å². The molecule has 2 heteroatoms. The molecule has 0 aromatic rings. The molecule has 0 amide bonds. The van der Waals surface area contributed by atoms with E-state index in [1.807, 2.05) is 11.8 Å². The molecule has 0 aromatic carbocycles. The highest BCUT2D eigenvalue weighted by atomic mass is 32.2. The molecule has 1 aliphatic heterocycles. The Morgan fingerprint density at radius 2 is 2.20 bits per heavy atom. The zero-order chi connectivity index (χ0) is 7.56. The van der Waals surface area contributed by atoms with Crippen molar-refractivity contribution in [3.05, 3.63) is 0 Å². The molecule has 2 atom stereocenters. The summed E-state index contributed by atoms with van der Waals surface area (Å²) in [5, 5.41) is 0. The number of hydrogen-bond acceptors (Lipinski definition) is 2. The van der Waals surface area contributed by atoms with Gasteiger partial charge >= 0.3 is 0 Å². The van der Waals surface area contributed by atoms with E-state index in [0.717, 1.165) is 11.8 Å². The molecule has 0 unspecified atom stereocenters. The van der Waals surface area contributed by atoms with Crippen LogP contribution in [0.2, 0.25) is 0 Å². The Bertz CT molecular complexity index is 105. The van der Waals surface area contributed by atoms with Crippen LogP contribution in [-0.2, 0) is 0 Å². The van der Waals surface area contributed by atoms with Gasteiger partial charge in [0.25, 0.3) is 0 Å². The summed E-state index contributed by atoms with van der Waals surface area (Å²) in [7, 11) is 2.22. The molecule has 0 saturated carbocycles. The topological polar surface area (TPSA) is 3.24 Å². The summed E-state index contributed by atoms with van der Waals surface area (Å²) < 4.78 is 0. The Morgan fingerprint density at radius 1 is 1.50 bits per heavy atom. The van der Waals surface area contributed by atoms with Gasteiger partial charge in [-0.1, -0.05) is 6.92 Å². The van der Waals surface area contributed by atoms with Crippen LogP contribution >= 0.6 is 11.8 Å². The molecule has 1 rings (SSSR count). The molecule has 0 bridgehead atoms. The molecule has 0 aromatic heterocycles. The molecule has 1 aliphatic rings. The number of hydrogen-bond donors (Lipinski definition) is 0. The van der Waals surface area contributed by atoms with Crippen LogP contribution in [0.4, 0.5) is 0 Å². The van der Waals surface area contributed by atoms with Crippen LogP contribution in [0.3, 0.4) is 0 Å². The smallest absolute Gasteiger partial charge is 0.00176 e. The minimum Gasteiger partial charge on any atom is -0.306 e. The third-order valence-electron chi connectivity index (χ3n) is 2.33. The van der Waals surface area contributed by atoms with Crippen molar-refractivity contribution in [2.45, 2.75) is 6.92 Å². The molecule has 1 nitrogen and oxygen atoms in total. The Kier molecular flexibility index (Phi) is 3.05. The van der Waals surface area contributed by atoms with Gasteiger partial charge in [-0.25, -0.2) is 0 Å². The zero-order valence-electron chi connectivity index (χ0n) is 7.13. The third kappa shape index (κ3) is 1.89. The normalized spacial score (nSPS) is 35.1. The molecular weight excluding hydrogens is 142 g/mol. The fraction of sp³-hybridized carbons (Fsp3) is 1.00. The van der Waals surface area contributed by atoms with E-state index in [4.69, 9.17) is 0 Å². The van der Waals surface area contributed by atoms with Crippen LogP contribution in [0.25, 0.3) is 0 Å². The second-order valence-corrected chi connectivity index (χ2v) is 4.32. The first-order valence-electron chi connectivity index (χ1n) is 3.91. The van der Waals surface area contributed by atoms with Gasteiger partial charge in [0, 0.05) is 13.1 Å². The molecule has 1 saturated heterocycles. The summed E-state index contributed by atoms with van der Waals surface area (Å²) in [6, 6.07) is 0. The minimum absolute atomic E-state index is 0.914. The molecule has 60 valence electrons. The highest BCUT2D eigenvalue weighted by Gasteiger charge is 2.26.